The minimum atomic E-state index is -2.32. The van der Waals surface area contributed by atoms with Crippen LogP contribution in [-0.2, 0) is 13.3 Å². The summed E-state index contributed by atoms with van der Waals surface area (Å²) >= 11 is 1.44. The lowest BCUT2D eigenvalue weighted by Crippen LogP contribution is -2.43. The Labute approximate surface area is 82.6 Å². The zero-order valence-electron chi connectivity index (χ0n) is 7.75. The summed E-state index contributed by atoms with van der Waals surface area (Å²) < 4.78 is 16.1. The second-order valence-electron chi connectivity index (χ2n) is 2.25. The van der Waals surface area contributed by atoms with Crippen molar-refractivity contribution < 1.29 is 13.3 Å². The van der Waals surface area contributed by atoms with Gasteiger partial charge in [0.1, 0.15) is 9.39 Å². The molecule has 0 rings (SSSR count). The Balaban J connectivity index is 3.95. The van der Waals surface area contributed by atoms with Crippen molar-refractivity contribution >= 4 is 29.4 Å². The molecule has 0 spiro atoms. The van der Waals surface area contributed by atoms with Crippen molar-refractivity contribution in [2.75, 3.05) is 20.2 Å². The van der Waals surface area contributed by atoms with E-state index < -0.39 is 8.80 Å². The van der Waals surface area contributed by atoms with Crippen molar-refractivity contribution in [1.29, 1.82) is 0 Å². The van der Waals surface area contributed by atoms with Gasteiger partial charge < -0.3 is 13.3 Å². The van der Waals surface area contributed by atoms with Crippen LogP contribution in [-0.4, -0.2) is 38.4 Å². The Morgan fingerprint density at radius 3 is 2.25 bits per heavy atom. The van der Waals surface area contributed by atoms with Crippen LogP contribution in [0.25, 0.3) is 0 Å². The molecular weight excluding hydrogens is 208 g/mol. The molecule has 0 saturated heterocycles. The summed E-state index contributed by atoms with van der Waals surface area (Å²) in [6, 6.07) is 0.868. The molecule has 71 valence electrons. The summed E-state index contributed by atoms with van der Waals surface area (Å²) in [5.74, 6) is 0.560. The van der Waals surface area contributed by atoms with Crippen LogP contribution in [0.3, 0.4) is 0 Å². The third kappa shape index (κ3) is 4.06. The second kappa shape index (κ2) is 7.10. The molecule has 0 heterocycles. The van der Waals surface area contributed by atoms with E-state index in [1.54, 1.807) is 14.2 Å². The number of hydrogen-bond donors (Lipinski definition) is 0. The van der Waals surface area contributed by atoms with E-state index >= 15 is 0 Å². The van der Waals surface area contributed by atoms with E-state index in [-0.39, 0.29) is 0 Å². The van der Waals surface area contributed by atoms with Crippen LogP contribution in [0.5, 0.6) is 0 Å². The van der Waals surface area contributed by atoms with Gasteiger partial charge in [-0.1, -0.05) is 13.3 Å². The van der Waals surface area contributed by atoms with Crippen LogP contribution in [0.15, 0.2) is 0 Å². The summed E-state index contributed by atoms with van der Waals surface area (Å²) in [4.78, 5) is 0. The molecule has 12 heavy (non-hydrogen) atoms. The molecule has 0 aromatic rings. The number of hydrogen-bond acceptors (Lipinski definition) is 4. The molecule has 0 atom stereocenters. The molecule has 0 saturated carbocycles. The fourth-order valence-corrected chi connectivity index (χ4v) is 3.95. The van der Waals surface area contributed by atoms with E-state index in [1.165, 1.54) is 11.2 Å². The predicted molar refractivity (Wildman–Crippen MR) is 54.2 cm³/mol. The molecule has 0 amide bonds. The zero-order chi connectivity index (χ0) is 9.45. The summed E-state index contributed by atoms with van der Waals surface area (Å²) in [6.07, 6.45) is 1.01. The first-order chi connectivity index (χ1) is 5.74. The fraction of sp³-hybridized carbons (Fsp3) is 1.00. The maximum atomic E-state index is 5.53. The first kappa shape index (κ1) is 12.7. The maximum Gasteiger partial charge on any atom is 0.501 e. The van der Waals surface area contributed by atoms with Gasteiger partial charge in [0.15, 0.2) is 0 Å². The lowest BCUT2D eigenvalue weighted by atomic mass is 10.6. The van der Waals surface area contributed by atoms with E-state index in [1.807, 2.05) is 0 Å². The molecule has 0 fully saturated rings. The lowest BCUT2D eigenvalue weighted by Gasteiger charge is -2.25. The second-order valence-corrected chi connectivity index (χ2v) is 6.61. The Morgan fingerprint density at radius 2 is 1.92 bits per heavy atom. The molecule has 0 aliphatic heterocycles. The minimum absolute atomic E-state index is 0.560. The van der Waals surface area contributed by atoms with Gasteiger partial charge in [-0.2, -0.15) is 11.2 Å². The predicted octanol–water partition coefficient (Wildman–Crippen LogP) is 1.42. The van der Waals surface area contributed by atoms with Crippen LogP contribution >= 0.6 is 11.2 Å². The van der Waals surface area contributed by atoms with Gasteiger partial charge in [0.25, 0.3) is 0 Å². The SMILES string of the molecule is CCC[Si](OC)(OC)OCS[Si]. The van der Waals surface area contributed by atoms with Gasteiger partial charge >= 0.3 is 8.80 Å². The molecule has 6 heteroatoms. The lowest BCUT2D eigenvalue weighted by molar-refractivity contribution is 0.118. The smallest absolute Gasteiger partial charge is 0.377 e. The standard InChI is InChI=1S/C6H15O3SSi2/c1-4-5-12(7-2,8-3)9-6-10-11/h4-6H2,1-3H3. The molecular formula is C6H15O3SSi2. The summed E-state index contributed by atoms with van der Waals surface area (Å²) in [5, 5.41) is 0. The van der Waals surface area contributed by atoms with Gasteiger partial charge in [-0.05, 0) is 0 Å². The Kier molecular flexibility index (Phi) is 7.50. The average molecular weight is 223 g/mol. The highest BCUT2D eigenvalue weighted by atomic mass is 32.4. The van der Waals surface area contributed by atoms with E-state index in [0.29, 0.717) is 5.94 Å². The first-order valence-electron chi connectivity index (χ1n) is 3.77. The van der Waals surface area contributed by atoms with Gasteiger partial charge in [0.05, 0.1) is 5.94 Å². The van der Waals surface area contributed by atoms with E-state index in [0.717, 1.165) is 12.5 Å². The van der Waals surface area contributed by atoms with Crippen LogP contribution in [0, 0.1) is 0 Å². The molecule has 0 aromatic carbocycles. The highest BCUT2D eigenvalue weighted by molar-refractivity contribution is 8.19. The Hall–Kier alpha value is 0.664. The van der Waals surface area contributed by atoms with Crippen molar-refractivity contribution in [3.8, 4) is 0 Å². The largest absolute Gasteiger partial charge is 0.501 e. The maximum absolute atomic E-state index is 5.53. The highest BCUT2D eigenvalue weighted by Crippen LogP contribution is 2.16. The monoisotopic (exact) mass is 223 g/mol. The molecule has 0 aliphatic rings. The van der Waals surface area contributed by atoms with Crippen LogP contribution < -0.4 is 0 Å². The van der Waals surface area contributed by atoms with Crippen molar-refractivity contribution in [3.63, 3.8) is 0 Å². The Bertz CT molecular complexity index is 111. The van der Waals surface area contributed by atoms with Crippen LogP contribution in [0.4, 0.5) is 0 Å². The van der Waals surface area contributed by atoms with Crippen molar-refractivity contribution in [2.45, 2.75) is 19.4 Å². The normalized spacial score (nSPS) is 12.0. The summed E-state index contributed by atoms with van der Waals surface area (Å²) in [7, 11) is 4.23. The van der Waals surface area contributed by atoms with Crippen LogP contribution in [0.2, 0.25) is 6.04 Å². The quantitative estimate of drug-likeness (QED) is 0.482. The Morgan fingerprint density at radius 1 is 1.33 bits per heavy atom. The molecule has 3 radical (unpaired) electrons. The van der Waals surface area contributed by atoms with Crippen LogP contribution in [0.1, 0.15) is 13.3 Å². The molecule has 0 N–H and O–H groups in total. The summed E-state index contributed by atoms with van der Waals surface area (Å²) in [5.41, 5.74) is 0. The molecule has 0 aromatic heterocycles. The molecule has 0 unspecified atom stereocenters. The number of rotatable bonds is 7. The van der Waals surface area contributed by atoms with E-state index in [4.69, 9.17) is 13.3 Å². The van der Waals surface area contributed by atoms with Crippen molar-refractivity contribution in [2.24, 2.45) is 0 Å². The fourth-order valence-electron chi connectivity index (χ4n) is 0.903. The summed E-state index contributed by atoms with van der Waals surface area (Å²) in [6.45, 7) is 2.09. The third-order valence-corrected chi connectivity index (χ3v) is 5.25. The molecule has 3 nitrogen and oxygen atoms in total. The van der Waals surface area contributed by atoms with E-state index in [9.17, 15) is 0 Å². The average Bonchev–Trinajstić information content (AvgIpc) is 2.13. The minimum Gasteiger partial charge on any atom is -0.377 e. The van der Waals surface area contributed by atoms with Gasteiger partial charge in [0, 0.05) is 20.3 Å². The molecule has 0 bridgehead atoms. The zero-order valence-corrected chi connectivity index (χ0v) is 10.6. The highest BCUT2D eigenvalue weighted by Gasteiger charge is 2.37. The van der Waals surface area contributed by atoms with Crippen molar-refractivity contribution in [3.05, 3.63) is 0 Å². The van der Waals surface area contributed by atoms with Gasteiger partial charge in [0.2, 0.25) is 0 Å². The first-order valence-corrected chi connectivity index (χ1v) is 7.91. The van der Waals surface area contributed by atoms with E-state index in [2.05, 4.69) is 16.3 Å². The third-order valence-electron chi connectivity index (χ3n) is 1.52. The van der Waals surface area contributed by atoms with Gasteiger partial charge in [-0.15, -0.1) is 0 Å². The van der Waals surface area contributed by atoms with Crippen molar-refractivity contribution in [1.82, 2.24) is 0 Å². The topological polar surface area (TPSA) is 27.7 Å². The van der Waals surface area contributed by atoms with Gasteiger partial charge in [-0.3, -0.25) is 0 Å². The molecule has 0 aliphatic carbocycles. The van der Waals surface area contributed by atoms with Gasteiger partial charge in [-0.25, -0.2) is 0 Å².